The fourth-order valence-electron chi connectivity index (χ4n) is 4.04. The van der Waals surface area contributed by atoms with Crippen LogP contribution in [-0.4, -0.2) is 25.5 Å². The van der Waals surface area contributed by atoms with Crippen LogP contribution >= 0.6 is 11.8 Å². The highest BCUT2D eigenvalue weighted by Gasteiger charge is 2.34. The number of non-ortho nitro benzene ring substituents is 1. The molecule has 166 valence electrons. The Morgan fingerprint density at radius 3 is 2.70 bits per heavy atom. The number of nitrogens with zero attached hydrogens (tertiary/aromatic N) is 4. The average Bonchev–Trinajstić information content (AvgIpc) is 3.24. The number of benzene rings is 2. The number of nitro groups is 1. The first-order valence-electron chi connectivity index (χ1n) is 10.7. The maximum atomic E-state index is 12.8. The Labute approximate surface area is 194 Å². The highest BCUT2D eigenvalue weighted by atomic mass is 32.2. The molecule has 5 rings (SSSR count). The minimum Gasteiger partial charge on any atom is -0.328 e. The van der Waals surface area contributed by atoms with Crippen LogP contribution in [0.1, 0.15) is 36.4 Å². The fraction of sp³-hybridized carbons (Fsp3) is 0.208. The molecule has 9 heteroatoms. The van der Waals surface area contributed by atoms with E-state index in [0.717, 1.165) is 35.2 Å². The van der Waals surface area contributed by atoms with E-state index >= 15 is 0 Å². The number of carbonyl (C=O) groups is 1. The van der Waals surface area contributed by atoms with Crippen molar-refractivity contribution in [2.45, 2.75) is 36.2 Å². The first-order valence-corrected chi connectivity index (χ1v) is 11.7. The molecule has 1 N–H and O–H groups in total. The molecule has 3 aromatic rings. The van der Waals surface area contributed by atoms with Crippen LogP contribution in [0, 0.1) is 10.1 Å². The Bertz CT molecular complexity index is 1270. The highest BCUT2D eigenvalue weighted by Crippen LogP contribution is 2.38. The number of hydrogen-bond donors (Lipinski definition) is 1. The molecule has 33 heavy (non-hydrogen) atoms. The number of Topliss-reactive ketones (excluding diaryl/α,β-unsaturated/α-hetero) is 1. The summed E-state index contributed by atoms with van der Waals surface area (Å²) >= 11 is 1.45. The standard InChI is InChI=1S/C24H21N5O3S/c30-21-8-4-7-19-22(21)20(14-11-16-5-2-1-3-6-16)28-23(25-19)26-24(27-28)33-15-17-9-12-18(13-10-17)29(31)32/h1-3,5-6,9-14,20H,4,7-8,15H2,(H,25,26,27)/b14-11+. The van der Waals surface area contributed by atoms with Gasteiger partial charge in [0.15, 0.2) is 5.78 Å². The van der Waals surface area contributed by atoms with Gasteiger partial charge in [0.25, 0.3) is 5.69 Å². The number of anilines is 1. The van der Waals surface area contributed by atoms with Gasteiger partial charge in [0.2, 0.25) is 11.1 Å². The Balaban J connectivity index is 1.40. The van der Waals surface area contributed by atoms with E-state index < -0.39 is 4.92 Å². The lowest BCUT2D eigenvalue weighted by Crippen LogP contribution is -2.30. The number of hydrogen-bond acceptors (Lipinski definition) is 7. The van der Waals surface area contributed by atoms with Gasteiger partial charge in [-0.3, -0.25) is 14.9 Å². The van der Waals surface area contributed by atoms with E-state index in [1.54, 1.807) is 16.8 Å². The second kappa shape index (κ2) is 9.03. The van der Waals surface area contributed by atoms with Gasteiger partial charge in [-0.25, -0.2) is 4.68 Å². The third kappa shape index (κ3) is 4.45. The smallest absolute Gasteiger partial charge is 0.269 e. The first-order chi connectivity index (χ1) is 16.1. The monoisotopic (exact) mass is 459 g/mol. The van der Waals surface area contributed by atoms with Gasteiger partial charge in [-0.2, -0.15) is 4.98 Å². The zero-order valence-electron chi connectivity index (χ0n) is 17.7. The van der Waals surface area contributed by atoms with Crippen LogP contribution in [0.25, 0.3) is 6.08 Å². The predicted molar refractivity (Wildman–Crippen MR) is 127 cm³/mol. The van der Waals surface area contributed by atoms with Crippen molar-refractivity contribution < 1.29 is 9.72 Å². The zero-order chi connectivity index (χ0) is 22.8. The van der Waals surface area contributed by atoms with Crippen LogP contribution in [-0.2, 0) is 10.5 Å². The van der Waals surface area contributed by atoms with Crippen molar-refractivity contribution in [1.82, 2.24) is 14.8 Å². The van der Waals surface area contributed by atoms with Gasteiger partial charge >= 0.3 is 0 Å². The van der Waals surface area contributed by atoms with Crippen LogP contribution in [0.2, 0.25) is 0 Å². The second-order valence-corrected chi connectivity index (χ2v) is 8.83. The molecule has 1 aliphatic heterocycles. The molecule has 8 nitrogen and oxygen atoms in total. The number of rotatable bonds is 6. The lowest BCUT2D eigenvalue weighted by Gasteiger charge is -2.30. The second-order valence-electron chi connectivity index (χ2n) is 7.88. The predicted octanol–water partition coefficient (Wildman–Crippen LogP) is 5.17. The quantitative estimate of drug-likeness (QED) is 0.308. The van der Waals surface area contributed by atoms with Crippen molar-refractivity contribution in [2.24, 2.45) is 0 Å². The van der Waals surface area contributed by atoms with Crippen LogP contribution in [0.5, 0.6) is 0 Å². The summed E-state index contributed by atoms with van der Waals surface area (Å²) in [6.45, 7) is 0. The summed E-state index contributed by atoms with van der Waals surface area (Å²) < 4.78 is 1.78. The van der Waals surface area contributed by atoms with Crippen molar-refractivity contribution in [3.63, 3.8) is 0 Å². The maximum Gasteiger partial charge on any atom is 0.269 e. The number of fused-ring (bicyclic) bond motifs is 1. The maximum absolute atomic E-state index is 12.8. The highest BCUT2D eigenvalue weighted by molar-refractivity contribution is 7.98. The SMILES string of the molecule is O=C1CCCC2=C1C(/C=C/c1ccccc1)n1nc(SCc3ccc([N+](=O)[O-])cc3)nc1N2. The summed E-state index contributed by atoms with van der Waals surface area (Å²) in [5, 5.41) is 19.4. The van der Waals surface area contributed by atoms with Gasteiger partial charge in [-0.15, -0.1) is 5.10 Å². The van der Waals surface area contributed by atoms with Crippen molar-refractivity contribution in [3.8, 4) is 0 Å². The molecule has 0 fully saturated rings. The summed E-state index contributed by atoms with van der Waals surface area (Å²) in [7, 11) is 0. The normalized spacial score (nSPS) is 17.6. The molecule has 0 spiro atoms. The van der Waals surface area contributed by atoms with E-state index in [-0.39, 0.29) is 17.5 Å². The van der Waals surface area contributed by atoms with Crippen molar-refractivity contribution >= 4 is 35.3 Å². The van der Waals surface area contributed by atoms with Gasteiger partial charge in [0, 0.05) is 35.6 Å². The molecule has 0 saturated carbocycles. The molecule has 0 radical (unpaired) electrons. The zero-order valence-corrected chi connectivity index (χ0v) is 18.5. The first kappa shape index (κ1) is 21.1. The minimum atomic E-state index is -0.410. The van der Waals surface area contributed by atoms with Gasteiger partial charge < -0.3 is 5.32 Å². The van der Waals surface area contributed by atoms with Gasteiger partial charge in [-0.05, 0) is 24.0 Å². The molecule has 1 aromatic heterocycles. The summed E-state index contributed by atoms with van der Waals surface area (Å²) in [6, 6.07) is 16.1. The number of nitro benzene ring substituents is 1. The molecule has 0 saturated heterocycles. The van der Waals surface area contributed by atoms with Crippen LogP contribution in [0.15, 0.2) is 77.1 Å². The number of allylic oxidation sites excluding steroid dienone is 3. The Morgan fingerprint density at radius 2 is 1.94 bits per heavy atom. The third-order valence-electron chi connectivity index (χ3n) is 5.68. The van der Waals surface area contributed by atoms with E-state index in [0.29, 0.717) is 23.3 Å². The van der Waals surface area contributed by atoms with E-state index in [4.69, 9.17) is 5.10 Å². The van der Waals surface area contributed by atoms with E-state index in [2.05, 4.69) is 10.3 Å². The number of thioether (sulfide) groups is 1. The Hall–Kier alpha value is -3.72. The van der Waals surface area contributed by atoms with Crippen LogP contribution in [0.3, 0.4) is 0 Å². The van der Waals surface area contributed by atoms with Crippen molar-refractivity contribution in [3.05, 3.63) is 93.2 Å². The van der Waals surface area contributed by atoms with Crippen LogP contribution in [0.4, 0.5) is 11.6 Å². The molecule has 2 heterocycles. The fourth-order valence-corrected chi connectivity index (χ4v) is 4.83. The third-order valence-corrected chi connectivity index (χ3v) is 6.58. The molecule has 2 aliphatic rings. The summed E-state index contributed by atoms with van der Waals surface area (Å²) in [5.41, 5.74) is 3.76. The number of ketones is 1. The van der Waals surface area contributed by atoms with E-state index in [1.807, 2.05) is 42.5 Å². The average molecular weight is 460 g/mol. The number of nitrogens with one attached hydrogen (secondary N) is 1. The number of aromatic nitrogens is 3. The molecule has 0 amide bonds. The molecule has 0 bridgehead atoms. The van der Waals surface area contributed by atoms with Crippen molar-refractivity contribution in [2.75, 3.05) is 5.32 Å². The van der Waals surface area contributed by atoms with Crippen molar-refractivity contribution in [1.29, 1.82) is 0 Å². The summed E-state index contributed by atoms with van der Waals surface area (Å²) in [4.78, 5) is 27.9. The lowest BCUT2D eigenvalue weighted by atomic mass is 9.88. The topological polar surface area (TPSA) is 103 Å². The Morgan fingerprint density at radius 1 is 1.15 bits per heavy atom. The largest absolute Gasteiger partial charge is 0.328 e. The molecule has 1 atom stereocenters. The van der Waals surface area contributed by atoms with Gasteiger partial charge in [-0.1, -0.05) is 66.4 Å². The lowest BCUT2D eigenvalue weighted by molar-refractivity contribution is -0.384. The summed E-state index contributed by atoms with van der Waals surface area (Å²) in [6.07, 6.45) is 6.21. The number of carbonyl (C=O) groups excluding carboxylic acids is 1. The molecule has 2 aromatic carbocycles. The minimum absolute atomic E-state index is 0.0675. The molecule has 1 unspecified atom stereocenters. The van der Waals surface area contributed by atoms with E-state index in [1.165, 1.54) is 23.9 Å². The molecule has 1 aliphatic carbocycles. The molecular weight excluding hydrogens is 438 g/mol. The van der Waals surface area contributed by atoms with E-state index in [9.17, 15) is 14.9 Å². The molecular formula is C24H21N5O3S. The van der Waals surface area contributed by atoms with Crippen LogP contribution < -0.4 is 5.32 Å². The summed E-state index contributed by atoms with van der Waals surface area (Å²) in [5.74, 6) is 1.35. The van der Waals surface area contributed by atoms with Gasteiger partial charge in [0.1, 0.15) is 6.04 Å². The Kier molecular flexibility index (Phi) is 5.78. The van der Waals surface area contributed by atoms with Gasteiger partial charge in [0.05, 0.1) is 4.92 Å².